The summed E-state index contributed by atoms with van der Waals surface area (Å²) in [5.41, 5.74) is 0. The summed E-state index contributed by atoms with van der Waals surface area (Å²) in [7, 11) is 0. The molecule has 1 aliphatic carbocycles. The van der Waals surface area contributed by atoms with Crippen LogP contribution in [0.1, 0.15) is 45.4 Å². The van der Waals surface area contributed by atoms with Gasteiger partial charge in [0.2, 0.25) is 0 Å². The van der Waals surface area contributed by atoms with Gasteiger partial charge in [-0.05, 0) is 25.7 Å². The van der Waals surface area contributed by atoms with Gasteiger partial charge < -0.3 is 4.74 Å². The van der Waals surface area contributed by atoms with Gasteiger partial charge in [-0.1, -0.05) is 25.3 Å². The Morgan fingerprint density at radius 1 is 1.47 bits per heavy atom. The van der Waals surface area contributed by atoms with Gasteiger partial charge in [0.1, 0.15) is 12.2 Å². The van der Waals surface area contributed by atoms with Crippen molar-refractivity contribution in [1.82, 2.24) is 0 Å². The van der Waals surface area contributed by atoms with Gasteiger partial charge in [0.15, 0.2) is 0 Å². The molecule has 0 aromatic carbocycles. The smallest absolute Gasteiger partial charge is 0.313 e. The first kappa shape index (κ1) is 13.9. The molecule has 1 saturated carbocycles. The second-order valence-corrected chi connectivity index (χ2v) is 4.70. The Bertz CT molecular complexity index is 279. The van der Waals surface area contributed by atoms with Crippen LogP contribution in [0.2, 0.25) is 0 Å². The highest BCUT2D eigenvalue weighted by atomic mass is 16.5. The van der Waals surface area contributed by atoms with Gasteiger partial charge in [-0.25, -0.2) is 0 Å². The van der Waals surface area contributed by atoms with E-state index in [2.05, 4.69) is 6.58 Å². The first-order chi connectivity index (χ1) is 8.17. The molecule has 0 aromatic rings. The zero-order chi connectivity index (χ0) is 12.7. The van der Waals surface area contributed by atoms with Crippen LogP contribution in [-0.4, -0.2) is 18.4 Å². The third kappa shape index (κ3) is 4.72. The van der Waals surface area contributed by atoms with Crippen molar-refractivity contribution < 1.29 is 14.3 Å². The van der Waals surface area contributed by atoms with Crippen LogP contribution in [0.25, 0.3) is 0 Å². The fourth-order valence-corrected chi connectivity index (χ4v) is 2.19. The van der Waals surface area contributed by atoms with E-state index in [1.165, 1.54) is 19.3 Å². The van der Waals surface area contributed by atoms with E-state index in [0.29, 0.717) is 18.9 Å². The van der Waals surface area contributed by atoms with E-state index in [4.69, 9.17) is 4.74 Å². The predicted molar refractivity (Wildman–Crippen MR) is 66.5 cm³/mol. The lowest BCUT2D eigenvalue weighted by Crippen LogP contribution is -2.24. The van der Waals surface area contributed by atoms with Crippen LogP contribution >= 0.6 is 0 Å². The molecular weight excluding hydrogens is 216 g/mol. The van der Waals surface area contributed by atoms with Gasteiger partial charge in [-0.3, -0.25) is 9.59 Å². The number of carbonyl (C=O) groups is 2. The summed E-state index contributed by atoms with van der Waals surface area (Å²) in [6.45, 7) is 5.76. The van der Waals surface area contributed by atoms with E-state index in [9.17, 15) is 9.59 Å². The Balaban J connectivity index is 2.41. The fourth-order valence-electron chi connectivity index (χ4n) is 2.19. The fraction of sp³-hybridized carbons (Fsp3) is 0.714. The van der Waals surface area contributed by atoms with Gasteiger partial charge in [0.05, 0.1) is 6.61 Å². The topological polar surface area (TPSA) is 43.4 Å². The standard InChI is InChI=1S/C14H22O3/c1-3-6-12(9-11-7-5-8-11)13(15)10-14(16)17-4-2/h3,11-12H,1,4-10H2,2H3. The minimum absolute atomic E-state index is 0.00949. The van der Waals surface area contributed by atoms with Gasteiger partial charge in [-0.2, -0.15) is 0 Å². The number of carbonyl (C=O) groups excluding carboxylic acids is 2. The Kier molecular flexibility index (Phi) is 5.95. The van der Waals surface area contributed by atoms with E-state index >= 15 is 0 Å². The highest BCUT2D eigenvalue weighted by molar-refractivity contribution is 5.96. The zero-order valence-corrected chi connectivity index (χ0v) is 10.6. The number of allylic oxidation sites excluding steroid dienone is 1. The van der Waals surface area contributed by atoms with E-state index in [1.807, 2.05) is 0 Å². The molecule has 0 spiro atoms. The molecule has 0 amide bonds. The lowest BCUT2D eigenvalue weighted by Gasteiger charge is -2.28. The van der Waals surface area contributed by atoms with E-state index in [0.717, 1.165) is 6.42 Å². The van der Waals surface area contributed by atoms with Crippen molar-refractivity contribution in [3.63, 3.8) is 0 Å². The van der Waals surface area contributed by atoms with Crippen LogP contribution in [0.15, 0.2) is 12.7 Å². The molecule has 1 rings (SSSR count). The number of hydrogen-bond donors (Lipinski definition) is 0. The normalized spacial score (nSPS) is 17.0. The Labute approximate surface area is 103 Å². The molecule has 17 heavy (non-hydrogen) atoms. The van der Waals surface area contributed by atoms with Crippen molar-refractivity contribution in [3.8, 4) is 0 Å². The van der Waals surface area contributed by atoms with Crippen molar-refractivity contribution in [3.05, 3.63) is 12.7 Å². The minimum atomic E-state index is -0.403. The average molecular weight is 238 g/mol. The molecule has 0 saturated heterocycles. The maximum absolute atomic E-state index is 11.9. The number of ether oxygens (including phenoxy) is 1. The lowest BCUT2D eigenvalue weighted by molar-refractivity contribution is -0.146. The molecule has 3 heteroatoms. The maximum atomic E-state index is 11.9. The van der Waals surface area contributed by atoms with Crippen LogP contribution < -0.4 is 0 Å². The second-order valence-electron chi connectivity index (χ2n) is 4.70. The molecule has 0 radical (unpaired) electrons. The van der Waals surface area contributed by atoms with Crippen molar-refractivity contribution in [2.75, 3.05) is 6.61 Å². The quantitative estimate of drug-likeness (QED) is 0.371. The second kappa shape index (κ2) is 7.25. The Hall–Kier alpha value is -1.12. The average Bonchev–Trinajstić information content (AvgIpc) is 2.21. The minimum Gasteiger partial charge on any atom is -0.466 e. The van der Waals surface area contributed by atoms with Crippen molar-refractivity contribution in [1.29, 1.82) is 0 Å². The molecule has 0 aromatic heterocycles. The first-order valence-electron chi connectivity index (χ1n) is 6.46. The molecule has 0 aliphatic heterocycles. The van der Waals surface area contributed by atoms with Crippen LogP contribution in [0.4, 0.5) is 0 Å². The van der Waals surface area contributed by atoms with E-state index in [1.54, 1.807) is 13.0 Å². The monoisotopic (exact) mass is 238 g/mol. The summed E-state index contributed by atoms with van der Waals surface area (Å²) in [5, 5.41) is 0. The van der Waals surface area contributed by atoms with Gasteiger partial charge in [-0.15, -0.1) is 6.58 Å². The number of rotatable bonds is 8. The number of esters is 1. The molecule has 0 heterocycles. The van der Waals surface area contributed by atoms with Crippen LogP contribution in [0, 0.1) is 11.8 Å². The number of Topliss-reactive ketones (excluding diaryl/α,β-unsaturated/α-hetero) is 1. The first-order valence-corrected chi connectivity index (χ1v) is 6.46. The molecule has 1 atom stereocenters. The van der Waals surface area contributed by atoms with Gasteiger partial charge >= 0.3 is 5.97 Å². The summed E-state index contributed by atoms with van der Waals surface area (Å²) in [5.74, 6) is 0.240. The molecule has 96 valence electrons. The van der Waals surface area contributed by atoms with Crippen molar-refractivity contribution in [2.24, 2.45) is 11.8 Å². The SMILES string of the molecule is C=CCC(CC1CCC1)C(=O)CC(=O)OCC. The Morgan fingerprint density at radius 3 is 2.65 bits per heavy atom. The molecule has 3 nitrogen and oxygen atoms in total. The summed E-state index contributed by atoms with van der Waals surface area (Å²) >= 11 is 0. The summed E-state index contributed by atoms with van der Waals surface area (Å²) < 4.78 is 4.80. The largest absolute Gasteiger partial charge is 0.466 e. The van der Waals surface area contributed by atoms with Crippen LogP contribution in [0.3, 0.4) is 0 Å². The van der Waals surface area contributed by atoms with Crippen LogP contribution in [-0.2, 0) is 14.3 Å². The van der Waals surface area contributed by atoms with E-state index < -0.39 is 5.97 Å². The molecule has 0 bridgehead atoms. The molecule has 1 fully saturated rings. The third-order valence-electron chi connectivity index (χ3n) is 3.37. The van der Waals surface area contributed by atoms with Gasteiger partial charge in [0.25, 0.3) is 0 Å². The highest BCUT2D eigenvalue weighted by Crippen LogP contribution is 2.33. The summed E-state index contributed by atoms with van der Waals surface area (Å²) in [6, 6.07) is 0. The van der Waals surface area contributed by atoms with Crippen LogP contribution in [0.5, 0.6) is 0 Å². The number of hydrogen-bond acceptors (Lipinski definition) is 3. The summed E-state index contributed by atoms with van der Waals surface area (Å²) in [4.78, 5) is 23.2. The third-order valence-corrected chi connectivity index (χ3v) is 3.37. The van der Waals surface area contributed by atoms with Crippen molar-refractivity contribution >= 4 is 11.8 Å². The molecular formula is C14H22O3. The van der Waals surface area contributed by atoms with Gasteiger partial charge in [0, 0.05) is 5.92 Å². The van der Waals surface area contributed by atoms with Crippen molar-refractivity contribution in [2.45, 2.75) is 45.4 Å². The molecule has 1 unspecified atom stereocenters. The zero-order valence-electron chi connectivity index (χ0n) is 10.6. The number of ketones is 1. The maximum Gasteiger partial charge on any atom is 0.313 e. The highest BCUT2D eigenvalue weighted by Gasteiger charge is 2.26. The summed E-state index contributed by atoms with van der Waals surface area (Å²) in [6.07, 6.45) is 6.99. The lowest BCUT2D eigenvalue weighted by atomic mass is 9.77. The Morgan fingerprint density at radius 2 is 2.18 bits per heavy atom. The molecule has 0 N–H and O–H groups in total. The predicted octanol–water partition coefficient (Wildman–Crippen LogP) is 2.89. The molecule has 1 aliphatic rings. The van der Waals surface area contributed by atoms with E-state index in [-0.39, 0.29) is 18.1 Å².